The number of nitrogens with zero attached hydrogens (tertiary/aromatic N) is 5. The first-order valence-electron chi connectivity index (χ1n) is 10.6. The van der Waals surface area contributed by atoms with Gasteiger partial charge in [0.05, 0.1) is 42.1 Å². The Hall–Kier alpha value is -4.60. The summed E-state index contributed by atoms with van der Waals surface area (Å²) in [6.45, 7) is -0.0452. The number of fused-ring (bicyclic) bond motifs is 2. The van der Waals surface area contributed by atoms with Gasteiger partial charge in [0.15, 0.2) is 5.82 Å². The van der Waals surface area contributed by atoms with Crippen molar-refractivity contribution in [3.8, 4) is 0 Å². The van der Waals surface area contributed by atoms with Crippen molar-refractivity contribution in [2.75, 3.05) is 0 Å². The first-order valence-corrected chi connectivity index (χ1v) is 10.6. The zero-order valence-corrected chi connectivity index (χ0v) is 18.0. The van der Waals surface area contributed by atoms with Crippen LogP contribution in [-0.2, 0) is 29.2 Å². The predicted octanol–water partition coefficient (Wildman–Crippen LogP) is 2.28. The first-order chi connectivity index (χ1) is 16.6. The SMILES string of the molecule is O=C(CCn1nnc2ccccc2c1=O)OCc1nc2ccccc2c(=O)n1Cc1ccco1. The highest BCUT2D eigenvalue weighted by Gasteiger charge is 2.15. The van der Waals surface area contributed by atoms with Crippen LogP contribution in [0.5, 0.6) is 0 Å². The number of hydrogen-bond acceptors (Lipinski definition) is 8. The Labute approximate surface area is 192 Å². The third kappa shape index (κ3) is 4.20. The lowest BCUT2D eigenvalue weighted by Crippen LogP contribution is -2.27. The van der Waals surface area contributed by atoms with Gasteiger partial charge in [0.1, 0.15) is 17.9 Å². The smallest absolute Gasteiger partial charge is 0.308 e. The third-order valence-corrected chi connectivity index (χ3v) is 5.35. The Bertz CT molecular complexity index is 1600. The molecular formula is C24H19N5O5. The normalized spacial score (nSPS) is 11.2. The summed E-state index contributed by atoms with van der Waals surface area (Å²) in [5.74, 6) is 0.297. The molecule has 0 aliphatic heterocycles. The maximum Gasteiger partial charge on any atom is 0.308 e. The maximum absolute atomic E-state index is 13.1. The number of para-hydroxylation sites is 1. The highest BCUT2D eigenvalue weighted by molar-refractivity contribution is 5.77. The fraction of sp³-hybridized carbons (Fsp3) is 0.167. The molecule has 0 amide bonds. The molecule has 34 heavy (non-hydrogen) atoms. The van der Waals surface area contributed by atoms with Crippen molar-refractivity contribution in [3.05, 3.63) is 99.2 Å². The number of ether oxygens (including phenoxy) is 1. The van der Waals surface area contributed by atoms with Crippen molar-refractivity contribution < 1.29 is 13.9 Å². The first kappa shape index (κ1) is 21.3. The molecule has 0 aliphatic rings. The van der Waals surface area contributed by atoms with Crippen LogP contribution in [0.3, 0.4) is 0 Å². The molecule has 0 unspecified atom stereocenters. The summed E-state index contributed by atoms with van der Waals surface area (Å²) in [7, 11) is 0. The molecule has 0 aliphatic carbocycles. The molecule has 10 heteroatoms. The molecule has 0 atom stereocenters. The molecule has 0 saturated heterocycles. The standard InChI is InChI=1S/C24H19N5O5/c30-22(11-12-29-24(32)18-8-2-4-10-20(18)26-27-29)34-15-21-25-19-9-3-1-7-17(19)23(31)28(21)14-16-6-5-13-33-16/h1-10,13H,11-12,14-15H2. The Morgan fingerprint density at radius 1 is 0.912 bits per heavy atom. The number of benzene rings is 2. The molecule has 0 saturated carbocycles. The van der Waals surface area contributed by atoms with E-state index < -0.39 is 5.97 Å². The number of carbonyl (C=O) groups is 1. The van der Waals surface area contributed by atoms with Gasteiger partial charge in [0.2, 0.25) is 0 Å². The predicted molar refractivity (Wildman–Crippen MR) is 122 cm³/mol. The number of hydrogen-bond donors (Lipinski definition) is 0. The van der Waals surface area contributed by atoms with Crippen LogP contribution >= 0.6 is 0 Å². The molecular weight excluding hydrogens is 438 g/mol. The van der Waals surface area contributed by atoms with E-state index >= 15 is 0 Å². The summed E-state index contributed by atoms with van der Waals surface area (Å²) in [5, 5.41) is 8.76. The average molecular weight is 457 g/mol. The van der Waals surface area contributed by atoms with Crippen LogP contribution in [0.1, 0.15) is 18.0 Å². The highest BCUT2D eigenvalue weighted by atomic mass is 16.5. The maximum atomic E-state index is 13.1. The molecule has 5 rings (SSSR count). The second kappa shape index (κ2) is 9.10. The Balaban J connectivity index is 1.33. The Morgan fingerprint density at radius 2 is 1.65 bits per heavy atom. The summed E-state index contributed by atoms with van der Waals surface area (Å²) >= 11 is 0. The summed E-state index contributed by atoms with van der Waals surface area (Å²) < 4.78 is 13.3. The summed E-state index contributed by atoms with van der Waals surface area (Å²) in [6.07, 6.45) is 1.43. The lowest BCUT2D eigenvalue weighted by Gasteiger charge is -2.13. The molecule has 5 aromatic rings. The minimum Gasteiger partial charge on any atom is -0.467 e. The van der Waals surface area contributed by atoms with Gasteiger partial charge in [-0.2, -0.15) is 0 Å². The average Bonchev–Trinajstić information content (AvgIpc) is 3.38. The van der Waals surface area contributed by atoms with E-state index in [0.29, 0.717) is 27.6 Å². The van der Waals surface area contributed by atoms with E-state index in [1.54, 1.807) is 60.7 Å². The second-order valence-electron chi connectivity index (χ2n) is 7.56. The molecule has 2 aromatic carbocycles. The number of carbonyl (C=O) groups excluding carboxylic acids is 1. The molecule has 170 valence electrons. The minimum atomic E-state index is -0.561. The quantitative estimate of drug-likeness (QED) is 0.341. The van der Waals surface area contributed by atoms with Crippen molar-refractivity contribution >= 4 is 27.8 Å². The molecule has 3 heterocycles. The Kier molecular flexibility index (Phi) is 5.69. The van der Waals surface area contributed by atoms with E-state index in [1.165, 1.54) is 10.8 Å². The zero-order chi connectivity index (χ0) is 23.5. The van der Waals surface area contributed by atoms with Gasteiger partial charge >= 0.3 is 5.97 Å². The zero-order valence-electron chi connectivity index (χ0n) is 18.0. The van der Waals surface area contributed by atoms with Crippen LogP contribution in [0.25, 0.3) is 21.8 Å². The van der Waals surface area contributed by atoms with E-state index in [2.05, 4.69) is 15.3 Å². The molecule has 0 bridgehead atoms. The van der Waals surface area contributed by atoms with E-state index in [-0.39, 0.29) is 43.1 Å². The molecule has 0 fully saturated rings. The van der Waals surface area contributed by atoms with Crippen molar-refractivity contribution in [1.29, 1.82) is 0 Å². The van der Waals surface area contributed by atoms with Crippen LogP contribution in [0.15, 0.2) is 80.9 Å². The van der Waals surface area contributed by atoms with E-state index in [1.807, 2.05) is 0 Å². The largest absolute Gasteiger partial charge is 0.467 e. The van der Waals surface area contributed by atoms with Gasteiger partial charge in [-0.05, 0) is 36.4 Å². The number of rotatable bonds is 7. The van der Waals surface area contributed by atoms with Crippen LogP contribution in [0.2, 0.25) is 0 Å². The molecule has 0 spiro atoms. The lowest BCUT2D eigenvalue weighted by atomic mass is 10.2. The van der Waals surface area contributed by atoms with Crippen molar-refractivity contribution in [2.24, 2.45) is 0 Å². The van der Waals surface area contributed by atoms with Crippen LogP contribution < -0.4 is 11.1 Å². The highest BCUT2D eigenvalue weighted by Crippen LogP contribution is 2.12. The van der Waals surface area contributed by atoms with E-state index in [9.17, 15) is 14.4 Å². The molecule has 3 aromatic heterocycles. The van der Waals surface area contributed by atoms with Gasteiger partial charge in [-0.25, -0.2) is 9.67 Å². The van der Waals surface area contributed by atoms with Crippen molar-refractivity contribution in [2.45, 2.75) is 26.1 Å². The fourth-order valence-electron chi connectivity index (χ4n) is 3.63. The van der Waals surface area contributed by atoms with Gasteiger partial charge in [-0.1, -0.05) is 29.5 Å². The third-order valence-electron chi connectivity index (χ3n) is 5.35. The molecule has 0 radical (unpaired) electrons. The summed E-state index contributed by atoms with van der Waals surface area (Å²) in [4.78, 5) is 42.5. The monoisotopic (exact) mass is 457 g/mol. The van der Waals surface area contributed by atoms with Crippen molar-refractivity contribution in [1.82, 2.24) is 24.5 Å². The topological polar surface area (TPSA) is 122 Å². The van der Waals surface area contributed by atoms with Gasteiger partial charge < -0.3 is 9.15 Å². The fourth-order valence-corrected chi connectivity index (χ4v) is 3.63. The molecule has 0 N–H and O–H groups in total. The lowest BCUT2D eigenvalue weighted by molar-refractivity contribution is -0.145. The van der Waals surface area contributed by atoms with Crippen LogP contribution in [0.4, 0.5) is 0 Å². The van der Waals surface area contributed by atoms with E-state index in [4.69, 9.17) is 9.15 Å². The number of furan rings is 1. The van der Waals surface area contributed by atoms with Gasteiger partial charge in [0.25, 0.3) is 11.1 Å². The van der Waals surface area contributed by atoms with E-state index in [0.717, 1.165) is 4.68 Å². The number of aryl methyl sites for hydroxylation is 1. The Morgan fingerprint density at radius 3 is 2.41 bits per heavy atom. The summed E-state index contributed by atoms with van der Waals surface area (Å²) in [6, 6.07) is 17.3. The van der Waals surface area contributed by atoms with Crippen LogP contribution in [-0.4, -0.2) is 30.5 Å². The molecule has 10 nitrogen and oxygen atoms in total. The van der Waals surface area contributed by atoms with Crippen molar-refractivity contribution in [3.63, 3.8) is 0 Å². The van der Waals surface area contributed by atoms with Gasteiger partial charge in [-0.3, -0.25) is 19.0 Å². The van der Waals surface area contributed by atoms with Crippen LogP contribution in [0, 0.1) is 0 Å². The minimum absolute atomic E-state index is 0.0137. The number of esters is 1. The van der Waals surface area contributed by atoms with Gasteiger partial charge in [-0.15, -0.1) is 5.10 Å². The van der Waals surface area contributed by atoms with Gasteiger partial charge in [0, 0.05) is 0 Å². The number of aromatic nitrogens is 5. The second-order valence-corrected chi connectivity index (χ2v) is 7.56. The summed E-state index contributed by atoms with van der Waals surface area (Å²) in [5.41, 5.74) is 0.406.